The van der Waals surface area contributed by atoms with Crippen LogP contribution in [0.1, 0.15) is 12.8 Å². The predicted molar refractivity (Wildman–Crippen MR) is 40.7 cm³/mol. The molecule has 1 fully saturated rings. The maximum absolute atomic E-state index is 5.25. The zero-order chi connectivity index (χ0) is 7.40. The topological polar surface area (TPSA) is 24.5 Å². The Labute approximate surface area is 62.3 Å². The predicted octanol–water partition coefficient (Wildman–Crippen LogP) is 0.232. The molecule has 0 aliphatic carbocycles. The zero-order valence-electron chi connectivity index (χ0n) is 6.76. The number of hydrogen-bond donors (Lipinski definition) is 1. The molecule has 0 radical (unpaired) electrons. The molecule has 0 aromatic carbocycles. The van der Waals surface area contributed by atoms with Crippen molar-refractivity contribution in [1.82, 2.24) is 10.4 Å². The van der Waals surface area contributed by atoms with Gasteiger partial charge in [0.25, 0.3) is 0 Å². The van der Waals surface area contributed by atoms with Crippen LogP contribution in [0.5, 0.6) is 0 Å². The Morgan fingerprint density at radius 2 is 2.00 bits per heavy atom. The van der Waals surface area contributed by atoms with Gasteiger partial charge < -0.3 is 4.90 Å². The lowest BCUT2D eigenvalue weighted by atomic mass is 10.1. The molecule has 0 spiro atoms. The normalized spacial score (nSPS) is 23.4. The Kier molecular flexibility index (Phi) is 3.12. The van der Waals surface area contributed by atoms with E-state index in [9.17, 15) is 0 Å². The molecule has 1 heterocycles. The molecule has 1 aliphatic heterocycles. The highest BCUT2D eigenvalue weighted by Gasteiger charge is 2.16. The minimum atomic E-state index is 0.432. The van der Waals surface area contributed by atoms with Gasteiger partial charge in [-0.15, -0.1) is 0 Å². The second-order valence-electron chi connectivity index (χ2n) is 2.82. The summed E-state index contributed by atoms with van der Waals surface area (Å²) in [6.45, 7) is 2.32. The van der Waals surface area contributed by atoms with Gasteiger partial charge in [-0.05, 0) is 19.9 Å². The maximum Gasteiger partial charge on any atom is 0.0814 e. The van der Waals surface area contributed by atoms with Crippen LogP contribution in [0.25, 0.3) is 0 Å². The Bertz CT molecular complexity index is 89.6. The van der Waals surface area contributed by atoms with Gasteiger partial charge in [-0.3, -0.25) is 4.84 Å². The van der Waals surface area contributed by atoms with Crippen molar-refractivity contribution in [3.63, 3.8) is 0 Å². The summed E-state index contributed by atoms with van der Waals surface area (Å²) in [4.78, 5) is 7.58. The van der Waals surface area contributed by atoms with Gasteiger partial charge in [-0.25, -0.2) is 5.48 Å². The minimum Gasteiger partial charge on any atom is -0.306 e. The molecular formula is C7H16N2O. The van der Waals surface area contributed by atoms with E-state index in [0.29, 0.717) is 6.10 Å². The molecule has 1 rings (SSSR count). The molecule has 0 aromatic rings. The van der Waals surface area contributed by atoms with Gasteiger partial charge in [-0.1, -0.05) is 0 Å². The molecule has 10 heavy (non-hydrogen) atoms. The first-order valence-corrected chi connectivity index (χ1v) is 3.84. The van der Waals surface area contributed by atoms with Crippen molar-refractivity contribution >= 4 is 0 Å². The van der Waals surface area contributed by atoms with Gasteiger partial charge in [0.05, 0.1) is 6.10 Å². The molecule has 1 aliphatic rings. The average Bonchev–Trinajstić information content (AvgIpc) is 1.95. The Balaban J connectivity index is 2.13. The number of piperidine rings is 1. The minimum absolute atomic E-state index is 0.432. The van der Waals surface area contributed by atoms with Crippen molar-refractivity contribution in [2.75, 3.05) is 27.2 Å². The van der Waals surface area contributed by atoms with Crippen molar-refractivity contribution < 1.29 is 4.84 Å². The van der Waals surface area contributed by atoms with E-state index >= 15 is 0 Å². The van der Waals surface area contributed by atoms with Crippen LogP contribution in [0.4, 0.5) is 0 Å². The highest BCUT2D eigenvalue weighted by molar-refractivity contribution is 4.68. The lowest BCUT2D eigenvalue weighted by molar-refractivity contribution is -0.0403. The highest BCUT2D eigenvalue weighted by atomic mass is 16.7. The summed E-state index contributed by atoms with van der Waals surface area (Å²) in [7, 11) is 3.97. The standard InChI is InChI=1S/C7H16N2O/c1-8-10-7-3-5-9(2)6-4-7/h7-8H,3-6H2,1-2H3. The SMILES string of the molecule is CNOC1CCN(C)CC1. The zero-order valence-corrected chi connectivity index (χ0v) is 6.76. The second-order valence-corrected chi connectivity index (χ2v) is 2.82. The van der Waals surface area contributed by atoms with Gasteiger partial charge in [0.2, 0.25) is 0 Å². The van der Waals surface area contributed by atoms with Crippen LogP contribution in [-0.4, -0.2) is 38.2 Å². The van der Waals surface area contributed by atoms with Crippen molar-refractivity contribution in [2.45, 2.75) is 18.9 Å². The van der Waals surface area contributed by atoms with Crippen LogP contribution in [-0.2, 0) is 4.84 Å². The van der Waals surface area contributed by atoms with Crippen LogP contribution in [0.2, 0.25) is 0 Å². The summed E-state index contributed by atoms with van der Waals surface area (Å²) < 4.78 is 0. The van der Waals surface area contributed by atoms with Crippen LogP contribution in [0.15, 0.2) is 0 Å². The van der Waals surface area contributed by atoms with E-state index < -0.39 is 0 Å². The third-order valence-electron chi connectivity index (χ3n) is 1.95. The first-order chi connectivity index (χ1) is 4.83. The van der Waals surface area contributed by atoms with Gasteiger partial charge in [-0.2, -0.15) is 0 Å². The monoisotopic (exact) mass is 144 g/mol. The number of nitrogens with zero attached hydrogens (tertiary/aromatic N) is 1. The summed E-state index contributed by atoms with van der Waals surface area (Å²) in [6, 6.07) is 0. The maximum atomic E-state index is 5.25. The first kappa shape index (κ1) is 7.98. The summed E-state index contributed by atoms with van der Waals surface area (Å²) in [5, 5.41) is 0. The molecule has 0 amide bonds. The molecule has 3 nitrogen and oxygen atoms in total. The summed E-state index contributed by atoms with van der Waals surface area (Å²) in [6.07, 6.45) is 2.73. The fraction of sp³-hybridized carbons (Fsp3) is 1.00. The van der Waals surface area contributed by atoms with Gasteiger partial charge in [0.1, 0.15) is 0 Å². The molecular weight excluding hydrogens is 128 g/mol. The molecule has 1 N–H and O–H groups in total. The van der Waals surface area contributed by atoms with Crippen LogP contribution >= 0.6 is 0 Å². The van der Waals surface area contributed by atoms with Crippen molar-refractivity contribution in [3.8, 4) is 0 Å². The summed E-state index contributed by atoms with van der Waals surface area (Å²) in [5.41, 5.74) is 2.73. The quantitative estimate of drug-likeness (QED) is 0.561. The summed E-state index contributed by atoms with van der Waals surface area (Å²) in [5.74, 6) is 0. The number of hydroxylamine groups is 1. The Morgan fingerprint density at radius 3 is 2.50 bits per heavy atom. The fourth-order valence-corrected chi connectivity index (χ4v) is 1.27. The fourth-order valence-electron chi connectivity index (χ4n) is 1.27. The molecule has 60 valence electrons. The first-order valence-electron chi connectivity index (χ1n) is 3.84. The third kappa shape index (κ3) is 2.25. The van der Waals surface area contributed by atoms with Gasteiger partial charge >= 0.3 is 0 Å². The molecule has 0 aromatic heterocycles. The molecule has 1 saturated heterocycles. The average molecular weight is 144 g/mol. The second kappa shape index (κ2) is 3.91. The molecule has 0 saturated carbocycles. The van der Waals surface area contributed by atoms with Crippen LogP contribution < -0.4 is 5.48 Å². The van der Waals surface area contributed by atoms with E-state index in [0.717, 1.165) is 25.9 Å². The molecule has 3 heteroatoms. The van der Waals surface area contributed by atoms with E-state index in [1.54, 1.807) is 0 Å². The smallest absolute Gasteiger partial charge is 0.0814 e. The van der Waals surface area contributed by atoms with Crippen LogP contribution in [0.3, 0.4) is 0 Å². The van der Waals surface area contributed by atoms with Crippen molar-refractivity contribution in [1.29, 1.82) is 0 Å². The van der Waals surface area contributed by atoms with Gasteiger partial charge in [0.15, 0.2) is 0 Å². The molecule has 0 unspecified atom stereocenters. The van der Waals surface area contributed by atoms with Crippen LogP contribution in [0, 0.1) is 0 Å². The van der Waals surface area contributed by atoms with Crippen molar-refractivity contribution in [2.24, 2.45) is 0 Å². The number of rotatable bonds is 2. The Morgan fingerprint density at radius 1 is 1.40 bits per heavy atom. The van der Waals surface area contributed by atoms with E-state index in [4.69, 9.17) is 4.84 Å². The number of likely N-dealkylation sites (tertiary alicyclic amines) is 1. The molecule has 0 bridgehead atoms. The summed E-state index contributed by atoms with van der Waals surface area (Å²) >= 11 is 0. The Hall–Kier alpha value is -0.120. The third-order valence-corrected chi connectivity index (χ3v) is 1.95. The highest BCUT2D eigenvalue weighted by Crippen LogP contribution is 2.09. The van der Waals surface area contributed by atoms with Gasteiger partial charge in [0, 0.05) is 20.1 Å². The van der Waals surface area contributed by atoms with E-state index in [-0.39, 0.29) is 0 Å². The largest absolute Gasteiger partial charge is 0.306 e. The van der Waals surface area contributed by atoms with Crippen molar-refractivity contribution in [3.05, 3.63) is 0 Å². The van der Waals surface area contributed by atoms with E-state index in [1.807, 2.05) is 7.05 Å². The lowest BCUT2D eigenvalue weighted by Crippen LogP contribution is -2.36. The lowest BCUT2D eigenvalue weighted by Gasteiger charge is -2.27. The number of nitrogens with one attached hydrogen (secondary N) is 1. The number of hydrogen-bond acceptors (Lipinski definition) is 3. The van der Waals surface area contributed by atoms with E-state index in [2.05, 4.69) is 17.4 Å². The molecule has 0 atom stereocenters. The van der Waals surface area contributed by atoms with E-state index in [1.165, 1.54) is 0 Å².